The number of piperazine rings is 1. The second kappa shape index (κ2) is 8.19. The number of amides is 2. The number of hydrogen-bond acceptors (Lipinski definition) is 6. The highest BCUT2D eigenvalue weighted by Gasteiger charge is 2.34. The highest BCUT2D eigenvalue weighted by atomic mass is 19.4. The first-order chi connectivity index (χ1) is 12.9. The molecule has 1 aliphatic heterocycles. The summed E-state index contributed by atoms with van der Waals surface area (Å²) in [6, 6.07) is 0.113. The predicted octanol–water partition coefficient (Wildman–Crippen LogP) is 2.06. The lowest BCUT2D eigenvalue weighted by Crippen LogP contribution is -2.54. The summed E-state index contributed by atoms with van der Waals surface area (Å²) in [5.41, 5.74) is -1.68. The summed E-state index contributed by atoms with van der Waals surface area (Å²) in [5.74, 6) is -0.126. The van der Waals surface area contributed by atoms with Crippen molar-refractivity contribution in [2.75, 3.05) is 31.1 Å². The molecule has 156 valence electrons. The zero-order chi connectivity index (χ0) is 21.1. The van der Waals surface area contributed by atoms with Gasteiger partial charge in [0, 0.05) is 32.2 Å². The Kier molecular flexibility index (Phi) is 6.35. The SMILES string of the molecule is C[C@H](NC(=O)OC(C)(C)C)C(=O)N1CCN(c2cc(C(F)(F)F)ncn2)CC1. The van der Waals surface area contributed by atoms with E-state index in [2.05, 4.69) is 15.3 Å². The Morgan fingerprint density at radius 1 is 1.14 bits per heavy atom. The minimum absolute atomic E-state index is 0.161. The molecule has 0 aromatic carbocycles. The van der Waals surface area contributed by atoms with Crippen LogP contribution in [-0.2, 0) is 15.7 Å². The van der Waals surface area contributed by atoms with Crippen LogP contribution >= 0.6 is 0 Å². The monoisotopic (exact) mass is 403 g/mol. The average molecular weight is 403 g/mol. The minimum atomic E-state index is -4.54. The molecule has 0 saturated carbocycles. The zero-order valence-electron chi connectivity index (χ0n) is 16.2. The molecular formula is C17H24F3N5O3. The van der Waals surface area contributed by atoms with Gasteiger partial charge in [0.05, 0.1) is 0 Å². The number of nitrogens with one attached hydrogen (secondary N) is 1. The third kappa shape index (κ3) is 5.96. The van der Waals surface area contributed by atoms with Crippen LogP contribution in [-0.4, -0.2) is 64.7 Å². The van der Waals surface area contributed by atoms with E-state index < -0.39 is 29.6 Å². The van der Waals surface area contributed by atoms with Crippen molar-refractivity contribution in [1.29, 1.82) is 0 Å². The molecule has 0 radical (unpaired) electrons. The topological polar surface area (TPSA) is 87.7 Å². The molecule has 28 heavy (non-hydrogen) atoms. The number of nitrogens with zero attached hydrogens (tertiary/aromatic N) is 4. The molecule has 1 fully saturated rings. The van der Waals surface area contributed by atoms with Crippen LogP contribution in [0.25, 0.3) is 0 Å². The van der Waals surface area contributed by atoms with E-state index in [1.54, 1.807) is 37.5 Å². The van der Waals surface area contributed by atoms with Crippen LogP contribution in [0.15, 0.2) is 12.4 Å². The van der Waals surface area contributed by atoms with Crippen LogP contribution in [0.4, 0.5) is 23.8 Å². The molecule has 1 aromatic heterocycles. The molecule has 2 amide bonds. The largest absolute Gasteiger partial charge is 0.444 e. The van der Waals surface area contributed by atoms with Crippen LogP contribution in [0.2, 0.25) is 0 Å². The molecule has 1 saturated heterocycles. The number of aromatic nitrogens is 2. The Labute approximate surface area is 161 Å². The van der Waals surface area contributed by atoms with Crippen molar-refractivity contribution in [3.8, 4) is 0 Å². The zero-order valence-corrected chi connectivity index (χ0v) is 16.2. The van der Waals surface area contributed by atoms with Crippen molar-refractivity contribution in [3.63, 3.8) is 0 Å². The van der Waals surface area contributed by atoms with Crippen LogP contribution < -0.4 is 10.2 Å². The molecule has 2 rings (SSSR count). The molecule has 0 aliphatic carbocycles. The molecule has 11 heteroatoms. The van der Waals surface area contributed by atoms with Crippen molar-refractivity contribution in [2.45, 2.75) is 45.5 Å². The number of carbonyl (C=O) groups is 2. The Bertz CT molecular complexity index is 713. The number of ether oxygens (including phenoxy) is 1. The van der Waals surface area contributed by atoms with Gasteiger partial charge in [0.1, 0.15) is 29.5 Å². The van der Waals surface area contributed by atoms with E-state index in [0.717, 1.165) is 12.4 Å². The quantitative estimate of drug-likeness (QED) is 0.831. The molecular weight excluding hydrogens is 379 g/mol. The highest BCUT2D eigenvalue weighted by Crippen LogP contribution is 2.29. The van der Waals surface area contributed by atoms with Crippen molar-refractivity contribution in [2.24, 2.45) is 0 Å². The summed E-state index contributed by atoms with van der Waals surface area (Å²) in [6.45, 7) is 7.94. The van der Waals surface area contributed by atoms with Gasteiger partial charge in [-0.15, -0.1) is 0 Å². The van der Waals surface area contributed by atoms with E-state index in [4.69, 9.17) is 4.74 Å². The Hall–Kier alpha value is -2.59. The van der Waals surface area contributed by atoms with Gasteiger partial charge in [-0.3, -0.25) is 4.79 Å². The Balaban J connectivity index is 1.91. The summed E-state index contributed by atoms with van der Waals surface area (Å²) in [7, 11) is 0. The maximum absolute atomic E-state index is 12.8. The van der Waals surface area contributed by atoms with Gasteiger partial charge in [-0.2, -0.15) is 13.2 Å². The molecule has 1 aliphatic rings. The van der Waals surface area contributed by atoms with E-state index in [0.29, 0.717) is 26.2 Å². The average Bonchev–Trinajstić information content (AvgIpc) is 2.59. The first-order valence-electron chi connectivity index (χ1n) is 8.79. The third-order valence-electron chi connectivity index (χ3n) is 3.96. The summed E-state index contributed by atoms with van der Waals surface area (Å²) >= 11 is 0. The Morgan fingerprint density at radius 2 is 1.75 bits per heavy atom. The molecule has 8 nitrogen and oxygen atoms in total. The van der Waals surface area contributed by atoms with Gasteiger partial charge in [-0.05, 0) is 27.7 Å². The number of halogens is 3. The number of carbonyl (C=O) groups excluding carboxylic acids is 2. The lowest BCUT2D eigenvalue weighted by Gasteiger charge is -2.36. The molecule has 1 atom stereocenters. The van der Waals surface area contributed by atoms with Gasteiger partial charge in [0.2, 0.25) is 5.91 Å². The molecule has 0 spiro atoms. The lowest BCUT2D eigenvalue weighted by molar-refractivity contribution is -0.141. The fourth-order valence-corrected chi connectivity index (χ4v) is 2.65. The van der Waals surface area contributed by atoms with Crippen LogP contribution in [0.1, 0.15) is 33.4 Å². The predicted molar refractivity (Wildman–Crippen MR) is 94.7 cm³/mol. The van der Waals surface area contributed by atoms with Gasteiger partial charge in [-0.25, -0.2) is 14.8 Å². The van der Waals surface area contributed by atoms with Crippen molar-refractivity contribution in [1.82, 2.24) is 20.2 Å². The number of rotatable bonds is 3. The second-order valence-electron chi connectivity index (χ2n) is 7.44. The van der Waals surface area contributed by atoms with Crippen molar-refractivity contribution >= 4 is 17.8 Å². The first kappa shape index (κ1) is 21.7. The van der Waals surface area contributed by atoms with E-state index in [9.17, 15) is 22.8 Å². The van der Waals surface area contributed by atoms with Gasteiger partial charge < -0.3 is 19.9 Å². The number of alkyl halides is 3. The first-order valence-corrected chi connectivity index (χ1v) is 8.79. The van der Waals surface area contributed by atoms with E-state index in [1.165, 1.54) is 0 Å². The van der Waals surface area contributed by atoms with Crippen LogP contribution in [0.3, 0.4) is 0 Å². The lowest BCUT2D eigenvalue weighted by atomic mass is 10.2. The van der Waals surface area contributed by atoms with Crippen molar-refractivity contribution < 1.29 is 27.5 Å². The second-order valence-corrected chi connectivity index (χ2v) is 7.44. The van der Waals surface area contributed by atoms with Crippen molar-refractivity contribution in [3.05, 3.63) is 18.1 Å². The fourth-order valence-electron chi connectivity index (χ4n) is 2.65. The van der Waals surface area contributed by atoms with Gasteiger partial charge >= 0.3 is 12.3 Å². The maximum atomic E-state index is 12.8. The highest BCUT2D eigenvalue weighted by molar-refractivity contribution is 5.85. The molecule has 1 N–H and O–H groups in total. The maximum Gasteiger partial charge on any atom is 0.433 e. The molecule has 0 unspecified atom stereocenters. The smallest absolute Gasteiger partial charge is 0.433 e. The standard InChI is InChI=1S/C17H24F3N5O3/c1-11(23-15(27)28-16(2,3)4)14(26)25-7-5-24(6-8-25)13-9-12(17(18,19)20)21-10-22-13/h9-11H,5-8H2,1-4H3,(H,23,27)/t11-/m0/s1. The summed E-state index contributed by atoms with van der Waals surface area (Å²) in [4.78, 5) is 34.6. The number of alkyl carbamates (subject to hydrolysis) is 1. The summed E-state index contributed by atoms with van der Waals surface area (Å²) < 4.78 is 43.5. The summed E-state index contributed by atoms with van der Waals surface area (Å²) in [5, 5.41) is 2.49. The van der Waals surface area contributed by atoms with Gasteiger partial charge in [-0.1, -0.05) is 0 Å². The van der Waals surface area contributed by atoms with E-state index in [-0.39, 0.29) is 11.7 Å². The number of hydrogen-bond donors (Lipinski definition) is 1. The van der Waals surface area contributed by atoms with E-state index in [1.807, 2.05) is 0 Å². The van der Waals surface area contributed by atoms with Crippen LogP contribution in [0.5, 0.6) is 0 Å². The van der Waals surface area contributed by atoms with Gasteiger partial charge in [0.25, 0.3) is 0 Å². The van der Waals surface area contributed by atoms with Crippen LogP contribution in [0, 0.1) is 0 Å². The third-order valence-corrected chi connectivity index (χ3v) is 3.96. The molecule has 1 aromatic rings. The number of anilines is 1. The normalized spacial score (nSPS) is 16.5. The van der Waals surface area contributed by atoms with E-state index >= 15 is 0 Å². The fraction of sp³-hybridized carbons (Fsp3) is 0.647. The minimum Gasteiger partial charge on any atom is -0.444 e. The molecule has 2 heterocycles. The Morgan fingerprint density at radius 3 is 2.29 bits per heavy atom. The van der Waals surface area contributed by atoms with Gasteiger partial charge in [0.15, 0.2) is 0 Å². The summed E-state index contributed by atoms with van der Waals surface area (Å²) in [6.07, 6.45) is -4.35. The molecule has 0 bridgehead atoms.